The number of halogens is 2. The average Bonchev–Trinajstić information content (AvgIpc) is 2.93. The van der Waals surface area contributed by atoms with Crippen LogP contribution >= 0.6 is 11.6 Å². The quantitative estimate of drug-likeness (QED) is 0.589. The van der Waals surface area contributed by atoms with Gasteiger partial charge in [-0.2, -0.15) is 5.10 Å². The molecule has 0 aliphatic heterocycles. The molecule has 1 amide bonds. The molecule has 0 unspecified atom stereocenters. The van der Waals surface area contributed by atoms with Crippen LogP contribution in [0.3, 0.4) is 0 Å². The lowest BCUT2D eigenvalue weighted by Gasteiger charge is -2.02. The number of hydrogen-bond acceptors (Lipinski definition) is 4. The van der Waals surface area contributed by atoms with E-state index >= 15 is 0 Å². The molecule has 0 atom stereocenters. The summed E-state index contributed by atoms with van der Waals surface area (Å²) in [6, 6.07) is 11.6. The van der Waals surface area contributed by atoms with Crippen LogP contribution in [0.5, 0.6) is 0 Å². The van der Waals surface area contributed by atoms with Gasteiger partial charge in [0, 0.05) is 5.56 Å². The molecular weight excluding hydrogens is 321 g/mol. The van der Waals surface area contributed by atoms with Crippen molar-refractivity contribution in [2.45, 2.75) is 6.54 Å². The highest BCUT2D eigenvalue weighted by Gasteiger charge is 2.08. The standard InChI is InChI=1S/C15H11ClFN5O/c16-11-4-3-5-12(17)10(11)8-18-20-15(23)9-22-14-7-2-1-6-13(14)19-21-22/h1-8H,9H2,(H,20,23)/b18-8-. The van der Waals surface area contributed by atoms with Crippen molar-refractivity contribution in [3.63, 3.8) is 0 Å². The molecule has 3 rings (SSSR count). The van der Waals surface area contributed by atoms with Crippen LogP contribution in [0.25, 0.3) is 11.0 Å². The Balaban J connectivity index is 1.67. The summed E-state index contributed by atoms with van der Waals surface area (Å²) in [5.74, 6) is -0.929. The maximum atomic E-state index is 13.5. The zero-order chi connectivity index (χ0) is 16.2. The molecule has 116 valence electrons. The maximum absolute atomic E-state index is 13.5. The molecule has 1 heterocycles. The molecule has 0 spiro atoms. The molecule has 1 aromatic heterocycles. The van der Waals surface area contributed by atoms with Gasteiger partial charge in [-0.15, -0.1) is 5.10 Å². The number of rotatable bonds is 4. The first-order valence-electron chi connectivity index (χ1n) is 6.69. The lowest BCUT2D eigenvalue weighted by Crippen LogP contribution is -2.23. The number of nitrogens with one attached hydrogen (secondary N) is 1. The number of nitrogens with zero attached hydrogens (tertiary/aromatic N) is 4. The Hall–Kier alpha value is -2.80. The SMILES string of the molecule is O=C(Cn1nnc2ccccc21)N/N=C\c1c(F)cccc1Cl. The molecule has 0 fully saturated rings. The fourth-order valence-electron chi connectivity index (χ4n) is 2.01. The van der Waals surface area contributed by atoms with E-state index in [0.29, 0.717) is 5.52 Å². The van der Waals surface area contributed by atoms with E-state index in [9.17, 15) is 9.18 Å². The van der Waals surface area contributed by atoms with Crippen molar-refractivity contribution in [2.24, 2.45) is 5.10 Å². The lowest BCUT2D eigenvalue weighted by molar-refractivity contribution is -0.121. The normalized spacial score (nSPS) is 11.2. The van der Waals surface area contributed by atoms with Crippen molar-refractivity contribution < 1.29 is 9.18 Å². The molecule has 0 saturated carbocycles. The molecule has 3 aromatic rings. The van der Waals surface area contributed by atoms with Gasteiger partial charge in [0.25, 0.3) is 5.91 Å². The van der Waals surface area contributed by atoms with Crippen molar-refractivity contribution >= 4 is 34.8 Å². The van der Waals surface area contributed by atoms with Crippen molar-refractivity contribution in [2.75, 3.05) is 0 Å². The zero-order valence-corrected chi connectivity index (χ0v) is 12.5. The minimum atomic E-state index is -0.516. The molecule has 0 saturated heterocycles. The summed E-state index contributed by atoms with van der Waals surface area (Å²) in [6.07, 6.45) is 1.16. The van der Waals surface area contributed by atoms with Gasteiger partial charge in [-0.3, -0.25) is 4.79 Å². The Morgan fingerprint density at radius 1 is 1.30 bits per heavy atom. The predicted octanol–water partition coefficient (Wildman–Crippen LogP) is 2.37. The maximum Gasteiger partial charge on any atom is 0.261 e. The second-order valence-corrected chi connectivity index (χ2v) is 5.07. The van der Waals surface area contributed by atoms with Crippen LogP contribution in [0.15, 0.2) is 47.6 Å². The van der Waals surface area contributed by atoms with E-state index in [4.69, 9.17) is 11.6 Å². The van der Waals surface area contributed by atoms with Crippen LogP contribution in [0.4, 0.5) is 4.39 Å². The van der Waals surface area contributed by atoms with E-state index < -0.39 is 11.7 Å². The Morgan fingerprint density at radius 3 is 2.96 bits per heavy atom. The highest BCUT2D eigenvalue weighted by atomic mass is 35.5. The largest absolute Gasteiger partial charge is 0.271 e. The summed E-state index contributed by atoms with van der Waals surface area (Å²) in [5, 5.41) is 11.8. The molecule has 6 nitrogen and oxygen atoms in total. The van der Waals surface area contributed by atoms with Gasteiger partial charge < -0.3 is 0 Å². The highest BCUT2D eigenvalue weighted by molar-refractivity contribution is 6.33. The number of aromatic nitrogens is 3. The molecule has 2 aromatic carbocycles. The minimum Gasteiger partial charge on any atom is -0.271 e. The van der Waals surface area contributed by atoms with Crippen molar-refractivity contribution in [1.29, 1.82) is 0 Å². The molecule has 0 radical (unpaired) electrons. The van der Waals surface area contributed by atoms with Gasteiger partial charge in [-0.1, -0.05) is 35.0 Å². The van der Waals surface area contributed by atoms with Gasteiger partial charge in [0.2, 0.25) is 0 Å². The van der Waals surface area contributed by atoms with Gasteiger partial charge in [-0.25, -0.2) is 14.5 Å². The van der Waals surface area contributed by atoms with E-state index in [1.54, 1.807) is 6.07 Å². The third-order valence-corrected chi connectivity index (χ3v) is 3.43. The Bertz CT molecular complexity index is 872. The van der Waals surface area contributed by atoms with Crippen LogP contribution in [0, 0.1) is 5.82 Å². The molecule has 0 bridgehead atoms. The third kappa shape index (κ3) is 3.35. The topological polar surface area (TPSA) is 72.2 Å². The number of fused-ring (bicyclic) bond motifs is 1. The second kappa shape index (κ2) is 6.53. The van der Waals surface area contributed by atoms with Gasteiger partial charge >= 0.3 is 0 Å². The lowest BCUT2D eigenvalue weighted by atomic mass is 10.2. The first-order chi connectivity index (χ1) is 11.1. The number of carbonyl (C=O) groups is 1. The second-order valence-electron chi connectivity index (χ2n) is 4.66. The Labute approximate surface area is 135 Å². The van der Waals surface area contributed by atoms with E-state index in [-0.39, 0.29) is 17.1 Å². The molecule has 1 N–H and O–H groups in total. The summed E-state index contributed by atoms with van der Waals surface area (Å²) in [4.78, 5) is 11.9. The van der Waals surface area contributed by atoms with Crippen molar-refractivity contribution in [1.82, 2.24) is 20.4 Å². The molecule has 0 aliphatic carbocycles. The summed E-state index contributed by atoms with van der Waals surface area (Å²) in [5.41, 5.74) is 3.85. The third-order valence-electron chi connectivity index (χ3n) is 3.10. The number of hydrogen-bond donors (Lipinski definition) is 1. The summed E-state index contributed by atoms with van der Waals surface area (Å²) >= 11 is 5.86. The molecular formula is C15H11ClFN5O. The molecule has 8 heteroatoms. The first-order valence-corrected chi connectivity index (χ1v) is 7.07. The number of benzene rings is 2. The fraction of sp³-hybridized carbons (Fsp3) is 0.0667. The number of hydrazone groups is 1. The van der Waals surface area contributed by atoms with Crippen LogP contribution in [0.2, 0.25) is 5.02 Å². The Morgan fingerprint density at radius 2 is 2.13 bits per heavy atom. The van der Waals surface area contributed by atoms with Crippen LogP contribution in [0.1, 0.15) is 5.56 Å². The number of para-hydroxylation sites is 1. The number of carbonyl (C=O) groups excluding carboxylic acids is 1. The minimum absolute atomic E-state index is 0.0527. The predicted molar refractivity (Wildman–Crippen MR) is 84.7 cm³/mol. The number of amides is 1. The smallest absolute Gasteiger partial charge is 0.261 e. The van der Waals surface area contributed by atoms with E-state index in [0.717, 1.165) is 11.7 Å². The first kappa shape index (κ1) is 15.1. The summed E-state index contributed by atoms with van der Waals surface area (Å²) in [6.45, 7) is -0.0527. The Kier molecular flexibility index (Phi) is 4.29. The average molecular weight is 332 g/mol. The van der Waals surface area contributed by atoms with Gasteiger partial charge in [-0.05, 0) is 24.3 Å². The van der Waals surface area contributed by atoms with E-state index in [1.165, 1.54) is 22.9 Å². The van der Waals surface area contributed by atoms with Crippen molar-refractivity contribution in [3.05, 3.63) is 58.9 Å². The fourth-order valence-corrected chi connectivity index (χ4v) is 2.22. The zero-order valence-electron chi connectivity index (χ0n) is 11.8. The molecule has 0 aliphatic rings. The molecule has 23 heavy (non-hydrogen) atoms. The van der Waals surface area contributed by atoms with Crippen molar-refractivity contribution in [3.8, 4) is 0 Å². The van der Waals surface area contributed by atoms with E-state index in [1.807, 2.05) is 18.2 Å². The van der Waals surface area contributed by atoms with Gasteiger partial charge in [0.1, 0.15) is 17.9 Å². The summed E-state index contributed by atoms with van der Waals surface area (Å²) in [7, 11) is 0. The monoisotopic (exact) mass is 331 g/mol. The van der Waals surface area contributed by atoms with Gasteiger partial charge in [0.15, 0.2) is 0 Å². The van der Waals surface area contributed by atoms with E-state index in [2.05, 4.69) is 20.8 Å². The van der Waals surface area contributed by atoms with Crippen LogP contribution in [-0.2, 0) is 11.3 Å². The van der Waals surface area contributed by atoms with Crippen LogP contribution in [-0.4, -0.2) is 27.1 Å². The van der Waals surface area contributed by atoms with Crippen LogP contribution < -0.4 is 5.43 Å². The summed E-state index contributed by atoms with van der Waals surface area (Å²) < 4.78 is 15.0. The van der Waals surface area contributed by atoms with Gasteiger partial charge in [0.05, 0.1) is 16.8 Å². The highest BCUT2D eigenvalue weighted by Crippen LogP contribution is 2.16.